The van der Waals surface area contributed by atoms with E-state index < -0.39 is 11.5 Å². The molecule has 0 spiro atoms. The SMILES string of the molecule is C=C(N=C/C=C(\C)c1nc(C(=O)Nc2cn(C3CCC(S)CC3)nc2C(C)(C)O)co1)NCC1CC1. The molecule has 9 nitrogen and oxygen atoms in total. The molecule has 2 aromatic rings. The average Bonchev–Trinajstić information content (AvgIpc) is 3.33. The molecule has 1 amide bonds. The number of hydrogen-bond acceptors (Lipinski definition) is 8. The van der Waals surface area contributed by atoms with Gasteiger partial charge in [-0.25, -0.2) is 9.98 Å². The number of carbonyl (C=O) groups excluding carboxylic acids is 1. The Morgan fingerprint density at radius 1 is 1.33 bits per heavy atom. The fraction of sp³-hybridized carbons (Fsp3) is 0.538. The molecule has 0 bridgehead atoms. The molecule has 36 heavy (non-hydrogen) atoms. The smallest absolute Gasteiger partial charge is 0.277 e. The number of aromatic nitrogens is 3. The number of carbonyl (C=O) groups is 1. The summed E-state index contributed by atoms with van der Waals surface area (Å²) >= 11 is 4.57. The lowest BCUT2D eigenvalue weighted by atomic mass is 9.95. The maximum Gasteiger partial charge on any atom is 0.277 e. The number of aliphatic imine (C=N–C) groups is 1. The minimum atomic E-state index is -1.22. The first-order chi connectivity index (χ1) is 17.1. The van der Waals surface area contributed by atoms with Crippen molar-refractivity contribution in [2.24, 2.45) is 10.9 Å². The second-order valence-corrected chi connectivity index (χ2v) is 11.0. The van der Waals surface area contributed by atoms with Crippen molar-refractivity contribution in [1.82, 2.24) is 20.1 Å². The van der Waals surface area contributed by atoms with E-state index in [1.54, 1.807) is 32.3 Å². The molecule has 0 unspecified atom stereocenters. The lowest BCUT2D eigenvalue weighted by Gasteiger charge is -2.26. The van der Waals surface area contributed by atoms with Gasteiger partial charge < -0.3 is 20.2 Å². The van der Waals surface area contributed by atoms with Gasteiger partial charge in [-0.15, -0.1) is 0 Å². The summed E-state index contributed by atoms with van der Waals surface area (Å²) in [6.45, 7) is 9.93. The molecule has 0 aliphatic heterocycles. The summed E-state index contributed by atoms with van der Waals surface area (Å²) in [6, 6.07) is 0.216. The molecule has 194 valence electrons. The van der Waals surface area contributed by atoms with Gasteiger partial charge in [-0.05, 0) is 71.3 Å². The molecule has 2 aromatic heterocycles. The van der Waals surface area contributed by atoms with Crippen LogP contribution < -0.4 is 10.6 Å². The molecule has 0 radical (unpaired) electrons. The first-order valence-electron chi connectivity index (χ1n) is 12.5. The van der Waals surface area contributed by atoms with Crippen molar-refractivity contribution in [2.75, 3.05) is 11.9 Å². The Morgan fingerprint density at radius 3 is 2.72 bits per heavy atom. The topological polar surface area (TPSA) is 118 Å². The lowest BCUT2D eigenvalue weighted by Crippen LogP contribution is -2.22. The molecule has 2 fully saturated rings. The average molecular weight is 513 g/mol. The number of allylic oxidation sites excluding steroid dienone is 2. The summed E-state index contributed by atoms with van der Waals surface area (Å²) < 4.78 is 7.38. The maximum atomic E-state index is 13.0. The molecule has 0 saturated heterocycles. The van der Waals surface area contributed by atoms with Crippen molar-refractivity contribution < 1.29 is 14.3 Å². The highest BCUT2D eigenvalue weighted by Crippen LogP contribution is 2.34. The summed E-state index contributed by atoms with van der Waals surface area (Å²) in [5.41, 5.74) is 0.504. The van der Waals surface area contributed by atoms with Gasteiger partial charge in [0.1, 0.15) is 23.4 Å². The molecule has 2 aliphatic carbocycles. The number of nitrogens with one attached hydrogen (secondary N) is 2. The Hall–Kier alpha value is -2.85. The summed E-state index contributed by atoms with van der Waals surface area (Å²) in [5, 5.41) is 21.8. The highest BCUT2D eigenvalue weighted by molar-refractivity contribution is 7.80. The monoisotopic (exact) mass is 512 g/mol. The molecular weight excluding hydrogens is 476 g/mol. The normalized spacial score (nSPS) is 21.1. The Morgan fingerprint density at radius 2 is 2.06 bits per heavy atom. The number of amides is 1. The van der Waals surface area contributed by atoms with Gasteiger partial charge in [-0.2, -0.15) is 17.7 Å². The van der Waals surface area contributed by atoms with Crippen LogP contribution in [0.5, 0.6) is 0 Å². The second kappa shape index (κ2) is 11.0. The van der Waals surface area contributed by atoms with E-state index in [1.165, 1.54) is 19.1 Å². The third-order valence-electron chi connectivity index (χ3n) is 6.52. The van der Waals surface area contributed by atoms with Crippen molar-refractivity contribution in [2.45, 2.75) is 76.2 Å². The third-order valence-corrected chi connectivity index (χ3v) is 7.04. The van der Waals surface area contributed by atoms with Crippen LogP contribution in [0, 0.1) is 5.92 Å². The first kappa shape index (κ1) is 26.2. The van der Waals surface area contributed by atoms with Gasteiger partial charge >= 0.3 is 0 Å². The Labute approximate surface area is 217 Å². The van der Waals surface area contributed by atoms with Crippen LogP contribution in [0.15, 0.2) is 40.3 Å². The van der Waals surface area contributed by atoms with Gasteiger partial charge in [-0.1, -0.05) is 6.58 Å². The number of thiol groups is 1. The first-order valence-corrected chi connectivity index (χ1v) is 13.0. The molecule has 2 aliphatic rings. The highest BCUT2D eigenvalue weighted by Gasteiger charge is 2.29. The number of aliphatic hydroxyl groups is 1. The van der Waals surface area contributed by atoms with Crippen LogP contribution in [0.25, 0.3) is 5.57 Å². The number of oxazole rings is 1. The van der Waals surface area contributed by atoms with Crippen molar-refractivity contribution in [3.05, 3.63) is 48.2 Å². The van der Waals surface area contributed by atoms with Crippen LogP contribution in [0.3, 0.4) is 0 Å². The quantitative estimate of drug-likeness (QED) is 0.271. The van der Waals surface area contributed by atoms with Crippen LogP contribution in [0.2, 0.25) is 0 Å². The molecule has 2 saturated carbocycles. The minimum absolute atomic E-state index is 0.134. The summed E-state index contributed by atoms with van der Waals surface area (Å²) in [4.78, 5) is 21.6. The van der Waals surface area contributed by atoms with E-state index >= 15 is 0 Å². The Kier molecular flexibility index (Phi) is 8.04. The number of rotatable bonds is 10. The molecule has 4 rings (SSSR count). The van der Waals surface area contributed by atoms with Crippen LogP contribution >= 0.6 is 12.6 Å². The number of nitrogens with zero attached hydrogens (tertiary/aromatic N) is 4. The Balaban J connectivity index is 1.41. The number of anilines is 1. The lowest BCUT2D eigenvalue weighted by molar-refractivity contribution is 0.0732. The molecule has 3 N–H and O–H groups in total. The van der Waals surface area contributed by atoms with Crippen molar-refractivity contribution in [3.8, 4) is 0 Å². The Bertz CT molecular complexity index is 1150. The third kappa shape index (κ3) is 6.88. The standard InChI is InChI=1S/C26H36N6O3S/c1-16(11-12-27-17(2)28-13-18-5-6-18)25-30-22(15-35-25)24(33)29-21-14-32(31-23(21)26(3,4)34)19-7-9-20(36)10-8-19/h11-12,14-15,18-20,28,34,36H,2,5-10,13H2,1,3-4H3,(H,29,33)/b16-11+,27-12?. The van der Waals surface area contributed by atoms with Gasteiger partial charge in [0.05, 0.1) is 11.7 Å². The van der Waals surface area contributed by atoms with Gasteiger partial charge in [0.2, 0.25) is 5.89 Å². The molecule has 10 heteroatoms. The van der Waals surface area contributed by atoms with E-state index in [4.69, 9.17) is 4.42 Å². The fourth-order valence-corrected chi connectivity index (χ4v) is 4.43. The van der Waals surface area contributed by atoms with E-state index in [0.29, 0.717) is 28.3 Å². The maximum absolute atomic E-state index is 13.0. The molecule has 2 heterocycles. The number of hydrogen-bond donors (Lipinski definition) is 4. The predicted octanol–water partition coefficient (Wildman–Crippen LogP) is 4.71. The van der Waals surface area contributed by atoms with Crippen molar-refractivity contribution in [3.63, 3.8) is 0 Å². The minimum Gasteiger partial charge on any atom is -0.444 e. The summed E-state index contributed by atoms with van der Waals surface area (Å²) in [7, 11) is 0. The van der Waals surface area contributed by atoms with Gasteiger partial charge in [-0.3, -0.25) is 9.48 Å². The zero-order chi connectivity index (χ0) is 25.9. The van der Waals surface area contributed by atoms with E-state index in [9.17, 15) is 9.90 Å². The highest BCUT2D eigenvalue weighted by atomic mass is 32.1. The molecule has 0 aromatic carbocycles. The predicted molar refractivity (Wildman–Crippen MR) is 144 cm³/mol. The summed E-state index contributed by atoms with van der Waals surface area (Å²) in [5.74, 6) is 1.24. The fourth-order valence-electron chi connectivity index (χ4n) is 4.13. The van der Waals surface area contributed by atoms with Crippen molar-refractivity contribution in [1.29, 1.82) is 0 Å². The van der Waals surface area contributed by atoms with Crippen molar-refractivity contribution >= 4 is 36.0 Å². The van der Waals surface area contributed by atoms with E-state index in [0.717, 1.165) is 43.7 Å². The van der Waals surface area contributed by atoms with E-state index in [-0.39, 0.29) is 11.7 Å². The van der Waals surface area contributed by atoms with Gasteiger partial charge in [0.15, 0.2) is 5.69 Å². The molecule has 0 atom stereocenters. The zero-order valence-electron chi connectivity index (χ0n) is 21.2. The van der Waals surface area contributed by atoms with Crippen LogP contribution in [0.1, 0.15) is 87.4 Å². The van der Waals surface area contributed by atoms with E-state index in [2.05, 4.69) is 44.9 Å². The van der Waals surface area contributed by atoms with Gasteiger partial charge in [0, 0.05) is 29.8 Å². The van der Waals surface area contributed by atoms with Crippen LogP contribution in [-0.4, -0.2) is 43.8 Å². The second-order valence-electron chi connectivity index (χ2n) is 10.3. The van der Waals surface area contributed by atoms with E-state index in [1.807, 2.05) is 11.6 Å². The zero-order valence-corrected chi connectivity index (χ0v) is 22.1. The largest absolute Gasteiger partial charge is 0.444 e. The van der Waals surface area contributed by atoms with Crippen LogP contribution in [0.4, 0.5) is 5.69 Å². The van der Waals surface area contributed by atoms with Gasteiger partial charge in [0.25, 0.3) is 5.91 Å². The summed E-state index contributed by atoms with van der Waals surface area (Å²) in [6.07, 6.45) is 13.0. The molecular formula is C26H36N6O3S. The van der Waals surface area contributed by atoms with Crippen LogP contribution in [-0.2, 0) is 5.60 Å².